The summed E-state index contributed by atoms with van der Waals surface area (Å²) in [5.74, 6) is 1.00. The van der Waals surface area contributed by atoms with Crippen LogP contribution in [0.5, 0.6) is 5.75 Å². The number of pyridine rings is 1. The lowest BCUT2D eigenvalue weighted by Gasteiger charge is -2.04. The molecule has 2 aromatic rings. The molecule has 0 amide bonds. The summed E-state index contributed by atoms with van der Waals surface area (Å²) < 4.78 is 0. The van der Waals surface area contributed by atoms with Crippen molar-refractivity contribution < 1.29 is 5.11 Å². The number of phenolic OH excluding ortho intramolecular Hbond substituents is 1. The summed E-state index contributed by atoms with van der Waals surface area (Å²) in [7, 11) is 0. The zero-order valence-electron chi connectivity index (χ0n) is 13.1. The molecule has 0 spiro atoms. The van der Waals surface area contributed by atoms with Crippen LogP contribution in [0.2, 0.25) is 0 Å². The number of aromatic nitrogens is 1. The largest absolute Gasteiger partial charge is 0.508 e. The number of nitrogens with one attached hydrogen (secondary N) is 1. The molecule has 2 N–H and O–H groups in total. The summed E-state index contributed by atoms with van der Waals surface area (Å²) in [6.45, 7) is 5.67. The molecular formula is C20H20N2O. The van der Waals surface area contributed by atoms with Gasteiger partial charge in [-0.25, -0.2) is 4.98 Å². The Hall–Kier alpha value is -3.07. The number of allylic oxidation sites excluding steroid dienone is 6. The molecule has 3 heteroatoms. The summed E-state index contributed by atoms with van der Waals surface area (Å²) in [4.78, 5) is 4.37. The van der Waals surface area contributed by atoms with E-state index in [0.29, 0.717) is 0 Å². The molecule has 1 aromatic heterocycles. The van der Waals surface area contributed by atoms with Gasteiger partial charge >= 0.3 is 0 Å². The van der Waals surface area contributed by atoms with E-state index in [1.54, 1.807) is 24.4 Å². The Bertz CT molecular complexity index is 740. The molecule has 0 aliphatic carbocycles. The molecule has 116 valence electrons. The average Bonchev–Trinajstić information content (AvgIpc) is 2.56. The van der Waals surface area contributed by atoms with Crippen LogP contribution in [0, 0.1) is 0 Å². The number of nitrogens with zero attached hydrogens (tertiary/aromatic N) is 1. The van der Waals surface area contributed by atoms with E-state index < -0.39 is 0 Å². The summed E-state index contributed by atoms with van der Waals surface area (Å²) in [5, 5.41) is 12.7. The van der Waals surface area contributed by atoms with E-state index in [9.17, 15) is 5.11 Å². The number of hydrogen-bond donors (Lipinski definition) is 2. The van der Waals surface area contributed by atoms with E-state index in [1.165, 1.54) is 0 Å². The number of benzene rings is 1. The van der Waals surface area contributed by atoms with Gasteiger partial charge in [0.2, 0.25) is 0 Å². The first-order valence-electron chi connectivity index (χ1n) is 7.37. The number of anilines is 1. The number of phenols is 1. The quantitative estimate of drug-likeness (QED) is 0.732. The van der Waals surface area contributed by atoms with Gasteiger partial charge in [0.15, 0.2) is 0 Å². The van der Waals surface area contributed by atoms with E-state index in [0.717, 1.165) is 22.5 Å². The molecule has 2 rings (SSSR count). The van der Waals surface area contributed by atoms with Crippen molar-refractivity contribution >= 4 is 5.82 Å². The number of aromatic hydroxyl groups is 1. The van der Waals surface area contributed by atoms with Gasteiger partial charge in [-0.2, -0.15) is 0 Å². The van der Waals surface area contributed by atoms with Crippen LogP contribution in [-0.4, -0.2) is 10.1 Å². The molecule has 0 aliphatic heterocycles. The van der Waals surface area contributed by atoms with Crippen LogP contribution in [0.3, 0.4) is 0 Å². The van der Waals surface area contributed by atoms with E-state index in [-0.39, 0.29) is 5.75 Å². The topological polar surface area (TPSA) is 45.1 Å². The predicted molar refractivity (Wildman–Crippen MR) is 97.2 cm³/mol. The van der Waals surface area contributed by atoms with Crippen LogP contribution in [-0.2, 0) is 0 Å². The SMILES string of the molecule is C=C/C=C(\C=C/C)/C=C/Nc1ccc(-c2cccc(O)c2)cn1. The van der Waals surface area contributed by atoms with Crippen LogP contribution in [0.4, 0.5) is 5.82 Å². The molecule has 1 heterocycles. The van der Waals surface area contributed by atoms with Crippen molar-refractivity contribution in [2.24, 2.45) is 0 Å². The smallest absolute Gasteiger partial charge is 0.129 e. The van der Waals surface area contributed by atoms with Gasteiger partial charge in [-0.05, 0) is 48.4 Å². The zero-order chi connectivity index (χ0) is 16.5. The van der Waals surface area contributed by atoms with Gasteiger partial charge in [0.05, 0.1) is 0 Å². The lowest BCUT2D eigenvalue weighted by Crippen LogP contribution is -1.91. The van der Waals surface area contributed by atoms with Gasteiger partial charge in [0.25, 0.3) is 0 Å². The standard InChI is InChI=1S/C20H20N2O/c1-3-6-16(7-4-2)12-13-21-20-11-10-18(15-22-20)17-8-5-9-19(23)14-17/h3-15,23H,1H2,2H3,(H,21,22)/b7-4-,13-12+,16-6+. The Morgan fingerprint density at radius 3 is 2.70 bits per heavy atom. The molecule has 0 saturated heterocycles. The summed E-state index contributed by atoms with van der Waals surface area (Å²) in [6, 6.07) is 11.0. The highest BCUT2D eigenvalue weighted by Crippen LogP contribution is 2.23. The van der Waals surface area contributed by atoms with Crippen molar-refractivity contribution in [2.75, 3.05) is 5.32 Å². The molecule has 1 aromatic carbocycles. The first-order chi connectivity index (χ1) is 11.2. The third-order valence-corrected chi connectivity index (χ3v) is 3.12. The van der Waals surface area contributed by atoms with Crippen molar-refractivity contribution in [3.05, 3.63) is 91.3 Å². The fraction of sp³-hybridized carbons (Fsp3) is 0.0500. The Labute approximate surface area is 137 Å². The third kappa shape index (κ3) is 5.00. The maximum absolute atomic E-state index is 9.52. The molecule has 0 bridgehead atoms. The normalized spacial score (nSPS) is 12.0. The van der Waals surface area contributed by atoms with E-state index in [1.807, 2.05) is 61.7 Å². The van der Waals surface area contributed by atoms with Gasteiger partial charge in [-0.3, -0.25) is 0 Å². The predicted octanol–water partition coefficient (Wildman–Crippen LogP) is 5.07. The highest BCUT2D eigenvalue weighted by Gasteiger charge is 1.99. The van der Waals surface area contributed by atoms with E-state index in [4.69, 9.17) is 0 Å². The maximum atomic E-state index is 9.52. The van der Waals surface area contributed by atoms with Gasteiger partial charge in [-0.1, -0.05) is 43.0 Å². The highest BCUT2D eigenvalue weighted by molar-refractivity contribution is 5.65. The van der Waals surface area contributed by atoms with Crippen LogP contribution in [0.15, 0.2) is 91.3 Å². The molecule has 23 heavy (non-hydrogen) atoms. The number of hydrogen-bond acceptors (Lipinski definition) is 3. The minimum absolute atomic E-state index is 0.248. The maximum Gasteiger partial charge on any atom is 0.129 e. The lowest BCUT2D eigenvalue weighted by molar-refractivity contribution is 0.475. The Balaban J connectivity index is 2.05. The van der Waals surface area contributed by atoms with Gasteiger partial charge in [0.1, 0.15) is 11.6 Å². The Morgan fingerprint density at radius 1 is 1.17 bits per heavy atom. The van der Waals surface area contributed by atoms with Crippen molar-refractivity contribution in [2.45, 2.75) is 6.92 Å². The average molecular weight is 304 g/mol. The van der Waals surface area contributed by atoms with Crippen molar-refractivity contribution in [3.8, 4) is 16.9 Å². The Morgan fingerprint density at radius 2 is 2.04 bits per heavy atom. The fourth-order valence-corrected chi connectivity index (χ4v) is 2.05. The van der Waals surface area contributed by atoms with Crippen LogP contribution in [0.25, 0.3) is 11.1 Å². The van der Waals surface area contributed by atoms with Gasteiger partial charge < -0.3 is 10.4 Å². The monoisotopic (exact) mass is 304 g/mol. The molecule has 3 nitrogen and oxygen atoms in total. The number of rotatable bonds is 6. The van der Waals surface area contributed by atoms with Crippen molar-refractivity contribution in [1.82, 2.24) is 4.98 Å². The fourth-order valence-electron chi connectivity index (χ4n) is 2.05. The first kappa shape index (κ1) is 16.3. The molecule has 0 unspecified atom stereocenters. The van der Waals surface area contributed by atoms with Crippen LogP contribution >= 0.6 is 0 Å². The molecule has 0 fully saturated rings. The second-order valence-electron chi connectivity index (χ2n) is 4.86. The molecule has 0 saturated carbocycles. The summed E-state index contributed by atoms with van der Waals surface area (Å²) in [6.07, 6.45) is 13.2. The van der Waals surface area contributed by atoms with Crippen molar-refractivity contribution in [1.29, 1.82) is 0 Å². The van der Waals surface area contributed by atoms with E-state index in [2.05, 4.69) is 16.9 Å². The summed E-state index contributed by atoms with van der Waals surface area (Å²) in [5.41, 5.74) is 2.94. The minimum Gasteiger partial charge on any atom is -0.508 e. The van der Waals surface area contributed by atoms with Gasteiger partial charge in [-0.15, -0.1) is 0 Å². The molecule has 0 aliphatic rings. The second kappa shape index (κ2) is 8.39. The lowest BCUT2D eigenvalue weighted by atomic mass is 10.1. The van der Waals surface area contributed by atoms with Gasteiger partial charge in [0, 0.05) is 18.0 Å². The summed E-state index contributed by atoms with van der Waals surface area (Å²) >= 11 is 0. The molecule has 0 radical (unpaired) electrons. The van der Waals surface area contributed by atoms with Crippen molar-refractivity contribution in [3.63, 3.8) is 0 Å². The first-order valence-corrected chi connectivity index (χ1v) is 7.37. The Kier molecular flexibility index (Phi) is 5.95. The van der Waals surface area contributed by atoms with Crippen LogP contribution in [0.1, 0.15) is 6.92 Å². The van der Waals surface area contributed by atoms with E-state index >= 15 is 0 Å². The molecular weight excluding hydrogens is 284 g/mol. The third-order valence-electron chi connectivity index (χ3n) is 3.12. The minimum atomic E-state index is 0.248. The zero-order valence-corrected chi connectivity index (χ0v) is 13.1. The molecule has 0 atom stereocenters. The van der Waals surface area contributed by atoms with Crippen LogP contribution < -0.4 is 5.32 Å². The highest BCUT2D eigenvalue weighted by atomic mass is 16.3. The second-order valence-corrected chi connectivity index (χ2v) is 4.86.